The maximum absolute atomic E-state index is 10.8. The van der Waals surface area contributed by atoms with Crippen molar-refractivity contribution in [3.05, 3.63) is 30.3 Å². The van der Waals surface area contributed by atoms with Crippen molar-refractivity contribution in [3.8, 4) is 5.75 Å². The van der Waals surface area contributed by atoms with Crippen LogP contribution in [-0.2, 0) is 28.6 Å². The van der Waals surface area contributed by atoms with Gasteiger partial charge in [0.05, 0.1) is 24.9 Å². The molecule has 7 N–H and O–H groups in total. The first-order valence-electron chi connectivity index (χ1n) is 11.2. The lowest BCUT2D eigenvalue weighted by atomic mass is 10.2. The van der Waals surface area contributed by atoms with E-state index in [0.717, 1.165) is 0 Å². The van der Waals surface area contributed by atoms with Crippen LogP contribution in [0.1, 0.15) is 91.5 Å². The summed E-state index contributed by atoms with van der Waals surface area (Å²) in [6.45, 7) is 14.2. The van der Waals surface area contributed by atoms with Gasteiger partial charge in [-0.05, 0) is 67.0 Å². The van der Waals surface area contributed by atoms with Gasteiger partial charge < -0.3 is 36.5 Å². The highest BCUT2D eigenvalue weighted by Crippen LogP contribution is 2.02. The van der Waals surface area contributed by atoms with E-state index >= 15 is 0 Å². The van der Waals surface area contributed by atoms with Crippen LogP contribution in [0.25, 0.3) is 0 Å². The van der Waals surface area contributed by atoms with Crippen molar-refractivity contribution in [2.24, 2.45) is 17.2 Å². The van der Waals surface area contributed by atoms with E-state index in [4.69, 9.17) is 31.8 Å². The summed E-state index contributed by atoms with van der Waals surface area (Å²) in [5.74, 6) is -0.676. The number of phenolic OH excluding ortho intramolecular Hbond substituents is 1. The van der Waals surface area contributed by atoms with Gasteiger partial charge in [-0.15, -0.1) is 0 Å². The summed E-state index contributed by atoms with van der Waals surface area (Å²) in [5.41, 5.74) is 15.5. The Hall–Kier alpha value is -2.69. The maximum atomic E-state index is 10.8. The average Bonchev–Trinajstić information content (AvgIpc) is 2.73. The number of ether oxygens (including phenoxy) is 3. The summed E-state index contributed by atoms with van der Waals surface area (Å²) in [6, 6.07) is 7.75. The fourth-order valence-electron chi connectivity index (χ4n) is 1.57. The van der Waals surface area contributed by atoms with E-state index in [9.17, 15) is 14.4 Å². The molecule has 0 aromatic heterocycles. The van der Waals surface area contributed by atoms with E-state index < -0.39 is 12.1 Å². The number of hydrogen-bond acceptors (Lipinski definition) is 10. The Bertz CT molecular complexity index is 653. The number of nitrogens with two attached hydrogens (primary N) is 3. The molecular weight excluding hydrogens is 490 g/mol. The van der Waals surface area contributed by atoms with Crippen molar-refractivity contribution in [1.82, 2.24) is 0 Å². The highest BCUT2D eigenvalue weighted by Gasteiger charge is 2.13. The van der Waals surface area contributed by atoms with Crippen LogP contribution in [0.2, 0.25) is 0 Å². The molecule has 0 aliphatic heterocycles. The predicted molar refractivity (Wildman–Crippen MR) is 160 cm³/mol. The fraction of sp³-hybridized carbons (Fsp3) is 0.679. The molecule has 0 aliphatic rings. The Morgan fingerprint density at radius 3 is 1.29 bits per heavy atom. The van der Waals surface area contributed by atoms with Gasteiger partial charge in [0.1, 0.15) is 17.8 Å². The van der Waals surface area contributed by atoms with Crippen LogP contribution in [0.3, 0.4) is 0 Å². The predicted octanol–water partition coefficient (Wildman–Crippen LogP) is 4.79. The van der Waals surface area contributed by atoms with Gasteiger partial charge in [-0.3, -0.25) is 14.4 Å². The van der Waals surface area contributed by atoms with Gasteiger partial charge in [0.15, 0.2) is 0 Å². The molecule has 0 saturated heterocycles. The number of phenols is 1. The quantitative estimate of drug-likeness (QED) is 0.272. The first kappa shape index (κ1) is 51.9. The molecule has 0 radical (unpaired) electrons. The third-order valence-electron chi connectivity index (χ3n) is 3.11. The minimum Gasteiger partial charge on any atom is -0.508 e. The van der Waals surface area contributed by atoms with E-state index in [0.29, 0.717) is 12.2 Å². The summed E-state index contributed by atoms with van der Waals surface area (Å²) in [5, 5.41) is 8.63. The monoisotopic (exact) mass is 551 g/mol. The molecule has 1 aromatic carbocycles. The summed E-state index contributed by atoms with van der Waals surface area (Å²) in [7, 11) is 0. The normalized spacial score (nSPS) is 10.3. The molecule has 0 spiro atoms. The highest BCUT2D eigenvalue weighted by atomic mass is 16.6. The topological polar surface area (TPSA) is 177 Å². The Morgan fingerprint density at radius 2 is 1.11 bits per heavy atom. The van der Waals surface area contributed by atoms with E-state index in [2.05, 4.69) is 4.74 Å². The third-order valence-corrected chi connectivity index (χ3v) is 3.11. The van der Waals surface area contributed by atoms with Gasteiger partial charge in [-0.1, -0.05) is 54.8 Å². The Morgan fingerprint density at radius 1 is 0.737 bits per heavy atom. The second kappa shape index (κ2) is 32.3. The molecule has 0 amide bonds. The van der Waals surface area contributed by atoms with Crippen LogP contribution < -0.4 is 17.2 Å². The largest absolute Gasteiger partial charge is 0.508 e. The molecular formula is C28H61N3O7. The molecule has 0 saturated carbocycles. The van der Waals surface area contributed by atoms with E-state index in [1.165, 1.54) is 0 Å². The second-order valence-corrected chi connectivity index (χ2v) is 7.85. The van der Waals surface area contributed by atoms with Gasteiger partial charge in [0.25, 0.3) is 0 Å². The molecule has 0 heterocycles. The molecule has 38 heavy (non-hydrogen) atoms. The number of rotatable bonds is 7. The van der Waals surface area contributed by atoms with Crippen LogP contribution in [0, 0.1) is 0 Å². The molecule has 0 aliphatic carbocycles. The van der Waals surface area contributed by atoms with Crippen molar-refractivity contribution in [2.75, 3.05) is 6.54 Å². The number of hydrogen-bond donors (Lipinski definition) is 4. The Labute approximate surface area is 233 Å². The van der Waals surface area contributed by atoms with Crippen LogP contribution in [0.4, 0.5) is 0 Å². The molecule has 0 fully saturated rings. The number of carbonyl (C=O) groups is 3. The Kier molecular flexibility index (Phi) is 44.1. The van der Waals surface area contributed by atoms with Crippen molar-refractivity contribution < 1.29 is 33.7 Å². The minimum absolute atomic E-state index is 0. The van der Waals surface area contributed by atoms with E-state index in [1.807, 2.05) is 13.0 Å². The van der Waals surface area contributed by atoms with Crippen LogP contribution >= 0.6 is 0 Å². The number of aromatic hydroxyl groups is 1. The molecule has 10 heteroatoms. The Balaban J connectivity index is -0.0000000655. The molecule has 230 valence electrons. The molecule has 2 atom stereocenters. The smallest absolute Gasteiger partial charge is 0.323 e. The van der Waals surface area contributed by atoms with Gasteiger partial charge in [-0.25, -0.2) is 0 Å². The number of esters is 3. The van der Waals surface area contributed by atoms with Gasteiger partial charge in [0.2, 0.25) is 0 Å². The van der Waals surface area contributed by atoms with Gasteiger partial charge in [0, 0.05) is 0 Å². The second-order valence-electron chi connectivity index (χ2n) is 7.85. The van der Waals surface area contributed by atoms with E-state index in [-0.39, 0.29) is 72.5 Å². The minimum atomic E-state index is -0.507. The van der Waals surface area contributed by atoms with Crippen LogP contribution in [0.5, 0.6) is 5.75 Å². The van der Waals surface area contributed by atoms with Gasteiger partial charge in [-0.2, -0.15) is 0 Å². The standard InChI is InChI=1S/C7H15NO2.C6H13NO2.C6H6O.C5H11NO2.4CH4/c1-4-6(8)7(9)10-5(2)3;1-4(2)9-6(8)5(3)7;7-6-4-2-1-3-5-6;1-4(2)8-5(7)3-6;;;;/h5-6H,4,8H2,1-3H3;4-5H,7H2,1-3H3;1-5,7H;4H,3,6H2,1-2H3;4*1H4. The third kappa shape index (κ3) is 40.5. The summed E-state index contributed by atoms with van der Waals surface area (Å²) in [4.78, 5) is 31.7. The zero-order valence-corrected chi connectivity index (χ0v) is 21.8. The molecule has 1 aromatic rings. The summed E-state index contributed by atoms with van der Waals surface area (Å²) >= 11 is 0. The lowest BCUT2D eigenvalue weighted by Gasteiger charge is -2.11. The summed E-state index contributed by atoms with van der Waals surface area (Å²) in [6.07, 6.45) is 0.450. The van der Waals surface area contributed by atoms with E-state index in [1.54, 1.807) is 72.7 Å². The van der Waals surface area contributed by atoms with Crippen molar-refractivity contribution >= 4 is 17.9 Å². The SMILES string of the molecule is C.C.C.C.CC(C)OC(=O)C(C)N.CC(C)OC(=O)CN.CCC(N)C(=O)OC(C)C.Oc1ccccc1. The average molecular weight is 552 g/mol. The zero-order chi connectivity index (χ0) is 27.3. The summed E-state index contributed by atoms with van der Waals surface area (Å²) < 4.78 is 14.2. The molecule has 10 nitrogen and oxygen atoms in total. The molecule has 2 unspecified atom stereocenters. The molecule has 0 bridgehead atoms. The lowest BCUT2D eigenvalue weighted by Crippen LogP contribution is -2.32. The first-order valence-corrected chi connectivity index (χ1v) is 11.2. The lowest BCUT2D eigenvalue weighted by molar-refractivity contribution is -0.149. The highest BCUT2D eigenvalue weighted by molar-refractivity contribution is 5.75. The van der Waals surface area contributed by atoms with Crippen LogP contribution in [-0.4, -0.2) is 60.0 Å². The maximum Gasteiger partial charge on any atom is 0.323 e. The van der Waals surface area contributed by atoms with Crippen molar-refractivity contribution in [2.45, 2.75) is 122 Å². The number of benzene rings is 1. The van der Waals surface area contributed by atoms with Crippen molar-refractivity contribution in [3.63, 3.8) is 0 Å². The zero-order valence-electron chi connectivity index (χ0n) is 21.8. The van der Waals surface area contributed by atoms with Crippen molar-refractivity contribution in [1.29, 1.82) is 0 Å². The number of carbonyl (C=O) groups excluding carboxylic acids is 3. The van der Waals surface area contributed by atoms with Gasteiger partial charge >= 0.3 is 17.9 Å². The fourth-order valence-corrected chi connectivity index (χ4v) is 1.57. The molecule has 1 rings (SSSR count). The first-order chi connectivity index (χ1) is 15.7. The number of para-hydroxylation sites is 1. The van der Waals surface area contributed by atoms with Crippen LogP contribution in [0.15, 0.2) is 30.3 Å².